The van der Waals surface area contributed by atoms with Gasteiger partial charge in [0.1, 0.15) is 0 Å². The van der Waals surface area contributed by atoms with E-state index in [0.29, 0.717) is 6.04 Å². The summed E-state index contributed by atoms with van der Waals surface area (Å²) in [7, 11) is 0. The van der Waals surface area contributed by atoms with Crippen molar-refractivity contribution in [3.05, 3.63) is 16.1 Å². The number of carbonyl (C=O) groups is 1. The zero-order chi connectivity index (χ0) is 21.2. The van der Waals surface area contributed by atoms with E-state index in [1.165, 1.54) is 36.5 Å². The summed E-state index contributed by atoms with van der Waals surface area (Å²) >= 11 is 1.82. The van der Waals surface area contributed by atoms with Gasteiger partial charge in [-0.05, 0) is 46.6 Å². The third-order valence-electron chi connectivity index (χ3n) is 6.22. The van der Waals surface area contributed by atoms with Crippen molar-refractivity contribution in [3.8, 4) is 0 Å². The lowest BCUT2D eigenvalue weighted by Gasteiger charge is -2.37. The third-order valence-corrected chi connectivity index (χ3v) is 7.17. The number of likely N-dealkylation sites (tertiary alicyclic amines) is 1. The Bertz CT molecular complexity index is 680. The van der Waals surface area contributed by atoms with Gasteiger partial charge in [-0.3, -0.25) is 14.6 Å². The van der Waals surface area contributed by atoms with Gasteiger partial charge in [-0.25, -0.2) is 4.98 Å². The summed E-state index contributed by atoms with van der Waals surface area (Å²) in [6.45, 7) is 18.7. The molecular formula is C23H40N4OS. The second-order valence-corrected chi connectivity index (χ2v) is 11.7. The van der Waals surface area contributed by atoms with Crippen LogP contribution in [0.3, 0.4) is 0 Å². The molecule has 2 aliphatic rings. The summed E-state index contributed by atoms with van der Waals surface area (Å²) in [6, 6.07) is 0.704. The average molecular weight is 421 g/mol. The van der Waals surface area contributed by atoms with Crippen molar-refractivity contribution in [2.75, 3.05) is 32.7 Å². The van der Waals surface area contributed by atoms with Crippen LogP contribution < -0.4 is 0 Å². The van der Waals surface area contributed by atoms with E-state index >= 15 is 0 Å². The zero-order valence-corrected chi connectivity index (χ0v) is 20.1. The van der Waals surface area contributed by atoms with Crippen LogP contribution in [-0.2, 0) is 17.8 Å². The molecule has 29 heavy (non-hydrogen) atoms. The van der Waals surface area contributed by atoms with Crippen LogP contribution in [0.25, 0.3) is 0 Å². The molecule has 2 saturated heterocycles. The van der Waals surface area contributed by atoms with Crippen LogP contribution in [0.1, 0.15) is 71.5 Å². The van der Waals surface area contributed by atoms with E-state index in [1.54, 1.807) is 0 Å². The number of rotatable bonds is 5. The molecule has 5 nitrogen and oxygen atoms in total. The second-order valence-electron chi connectivity index (χ2n) is 10.7. The molecule has 0 N–H and O–H groups in total. The van der Waals surface area contributed by atoms with Crippen molar-refractivity contribution in [1.29, 1.82) is 0 Å². The molecule has 0 spiro atoms. The van der Waals surface area contributed by atoms with E-state index in [1.807, 2.05) is 37.0 Å². The van der Waals surface area contributed by atoms with E-state index in [2.05, 4.69) is 36.0 Å². The van der Waals surface area contributed by atoms with Gasteiger partial charge >= 0.3 is 0 Å². The van der Waals surface area contributed by atoms with E-state index in [9.17, 15) is 4.79 Å². The first-order chi connectivity index (χ1) is 13.5. The normalized spacial score (nSPS) is 22.4. The van der Waals surface area contributed by atoms with Crippen LogP contribution in [0.15, 0.2) is 5.38 Å². The summed E-state index contributed by atoms with van der Waals surface area (Å²) in [5, 5.41) is 3.51. The molecule has 0 radical (unpaired) electrons. The summed E-state index contributed by atoms with van der Waals surface area (Å²) < 4.78 is 0. The summed E-state index contributed by atoms with van der Waals surface area (Å²) in [6.07, 6.45) is 4.97. The molecule has 6 heteroatoms. The predicted octanol–water partition coefficient (Wildman–Crippen LogP) is 4.03. The van der Waals surface area contributed by atoms with Gasteiger partial charge in [0.05, 0.1) is 10.7 Å². The Morgan fingerprint density at radius 2 is 1.79 bits per heavy atom. The van der Waals surface area contributed by atoms with Crippen LogP contribution in [-0.4, -0.2) is 69.9 Å². The highest BCUT2D eigenvalue weighted by molar-refractivity contribution is 7.09. The molecule has 2 aliphatic heterocycles. The molecule has 0 aromatic carbocycles. The number of thiazole rings is 1. The van der Waals surface area contributed by atoms with Crippen molar-refractivity contribution in [2.24, 2.45) is 5.41 Å². The van der Waals surface area contributed by atoms with Gasteiger partial charge in [-0.2, -0.15) is 0 Å². The number of nitrogens with zero attached hydrogens (tertiary/aromatic N) is 4. The summed E-state index contributed by atoms with van der Waals surface area (Å²) in [4.78, 5) is 24.5. The lowest BCUT2D eigenvalue weighted by atomic mass is 9.94. The van der Waals surface area contributed by atoms with Crippen molar-refractivity contribution in [3.63, 3.8) is 0 Å². The van der Waals surface area contributed by atoms with Crippen molar-refractivity contribution in [2.45, 2.75) is 85.4 Å². The summed E-state index contributed by atoms with van der Waals surface area (Å²) in [5.74, 6) is 0.268. The first kappa shape index (κ1) is 22.7. The fourth-order valence-corrected chi connectivity index (χ4v) is 5.46. The number of amides is 1. The van der Waals surface area contributed by atoms with Gasteiger partial charge < -0.3 is 4.90 Å². The lowest BCUT2D eigenvalue weighted by molar-refractivity contribution is -0.141. The van der Waals surface area contributed by atoms with Crippen molar-refractivity contribution < 1.29 is 4.79 Å². The smallest absolute Gasteiger partial charge is 0.228 e. The number of carbonyl (C=O) groups excluding carboxylic acids is 1. The molecule has 2 fully saturated rings. The Labute approximate surface area is 181 Å². The maximum Gasteiger partial charge on any atom is 0.228 e. The Morgan fingerprint density at radius 3 is 2.41 bits per heavy atom. The molecule has 0 unspecified atom stereocenters. The third kappa shape index (κ3) is 6.02. The van der Waals surface area contributed by atoms with Crippen molar-refractivity contribution in [1.82, 2.24) is 19.7 Å². The monoisotopic (exact) mass is 420 g/mol. The van der Waals surface area contributed by atoms with Crippen molar-refractivity contribution >= 4 is 17.2 Å². The molecule has 0 aliphatic carbocycles. The van der Waals surface area contributed by atoms with Crippen LogP contribution in [0.4, 0.5) is 0 Å². The molecule has 3 rings (SSSR count). The fourth-order valence-electron chi connectivity index (χ4n) is 4.66. The van der Waals surface area contributed by atoms with Gasteiger partial charge in [0.15, 0.2) is 0 Å². The highest BCUT2D eigenvalue weighted by atomic mass is 32.1. The first-order valence-corrected chi connectivity index (χ1v) is 12.1. The zero-order valence-electron chi connectivity index (χ0n) is 19.3. The fraction of sp³-hybridized carbons (Fsp3) is 0.826. The van der Waals surface area contributed by atoms with E-state index in [0.717, 1.165) is 39.1 Å². The minimum Gasteiger partial charge on any atom is -0.340 e. The first-order valence-electron chi connectivity index (χ1n) is 11.3. The number of hydrogen-bond donors (Lipinski definition) is 0. The molecule has 3 heterocycles. The van der Waals surface area contributed by atoms with Crippen LogP contribution in [0.2, 0.25) is 0 Å². The Hall–Kier alpha value is -0.980. The molecule has 1 atom stereocenters. The van der Waals surface area contributed by atoms with Gasteiger partial charge in [0.2, 0.25) is 5.91 Å². The molecule has 0 bridgehead atoms. The molecule has 164 valence electrons. The van der Waals surface area contributed by atoms with Crippen LogP contribution in [0.5, 0.6) is 0 Å². The van der Waals surface area contributed by atoms with Crippen LogP contribution in [0, 0.1) is 5.41 Å². The minimum absolute atomic E-state index is 0.268. The predicted molar refractivity (Wildman–Crippen MR) is 121 cm³/mol. The minimum atomic E-state index is -0.284. The highest BCUT2D eigenvalue weighted by Crippen LogP contribution is 2.29. The number of aromatic nitrogens is 1. The lowest BCUT2D eigenvalue weighted by Crippen LogP contribution is -2.51. The number of piperazine rings is 1. The largest absolute Gasteiger partial charge is 0.340 e. The Balaban J connectivity index is 1.45. The van der Waals surface area contributed by atoms with Gasteiger partial charge in [0, 0.05) is 61.5 Å². The Morgan fingerprint density at radius 1 is 1.10 bits per heavy atom. The second kappa shape index (κ2) is 9.03. The standard InChI is InChI=1S/C23H40N4OS/c1-22(2,3)21(28)26-14-12-25(13-15-26)16-18-17-29-20(24-18)10-9-19-8-7-11-27(19)23(4,5)6/h17,19H,7-16H2,1-6H3/t19-/m0/s1. The summed E-state index contributed by atoms with van der Waals surface area (Å²) in [5.41, 5.74) is 1.18. The van der Waals surface area contributed by atoms with Crippen LogP contribution >= 0.6 is 11.3 Å². The Kier molecular flexibility index (Phi) is 7.06. The van der Waals surface area contributed by atoms with Gasteiger partial charge in [-0.1, -0.05) is 20.8 Å². The molecule has 1 aromatic heterocycles. The molecule has 0 saturated carbocycles. The average Bonchev–Trinajstić information content (AvgIpc) is 3.28. The van der Waals surface area contributed by atoms with E-state index < -0.39 is 0 Å². The number of hydrogen-bond acceptors (Lipinski definition) is 5. The topological polar surface area (TPSA) is 39.7 Å². The quantitative estimate of drug-likeness (QED) is 0.721. The maximum absolute atomic E-state index is 12.4. The SMILES string of the molecule is CC(C)(C)C(=O)N1CCN(Cc2csc(CC[C@@H]3CCCN3C(C)(C)C)n2)CC1. The van der Waals surface area contributed by atoms with Gasteiger partial charge in [0.25, 0.3) is 0 Å². The molecule has 1 aromatic rings. The van der Waals surface area contributed by atoms with E-state index in [-0.39, 0.29) is 16.9 Å². The maximum atomic E-state index is 12.4. The van der Waals surface area contributed by atoms with E-state index in [4.69, 9.17) is 4.98 Å². The molecular weight excluding hydrogens is 380 g/mol. The molecule has 1 amide bonds. The number of aryl methyl sites for hydroxylation is 1. The highest BCUT2D eigenvalue weighted by Gasteiger charge is 2.33. The van der Waals surface area contributed by atoms with Gasteiger partial charge in [-0.15, -0.1) is 11.3 Å².